The number of amides is 4. The maximum absolute atomic E-state index is 13.4. The largest absolute Gasteiger partial charge is 0.418 e. The number of imide groups is 1. The number of nitrogens with zero attached hydrogens (tertiary/aromatic N) is 3. The van der Waals surface area contributed by atoms with Crippen LogP contribution in [-0.4, -0.2) is 44.6 Å². The number of anilines is 1. The molecule has 170 valence electrons. The average Bonchev–Trinajstić information content (AvgIpc) is 3.40. The second-order valence-electron chi connectivity index (χ2n) is 8.07. The molecular formula is C21H22F3N5O3. The van der Waals surface area contributed by atoms with E-state index in [2.05, 4.69) is 15.7 Å². The van der Waals surface area contributed by atoms with Crippen molar-refractivity contribution >= 4 is 23.7 Å². The molecule has 4 amide bonds. The van der Waals surface area contributed by atoms with Crippen molar-refractivity contribution in [1.29, 1.82) is 0 Å². The van der Waals surface area contributed by atoms with Crippen molar-refractivity contribution in [3.05, 3.63) is 41.6 Å². The molecule has 32 heavy (non-hydrogen) atoms. The Morgan fingerprint density at radius 2 is 1.91 bits per heavy atom. The van der Waals surface area contributed by atoms with Crippen LogP contribution in [0.5, 0.6) is 0 Å². The Balaban J connectivity index is 1.48. The Morgan fingerprint density at radius 1 is 1.22 bits per heavy atom. The molecule has 0 bridgehead atoms. The van der Waals surface area contributed by atoms with E-state index in [9.17, 15) is 27.6 Å². The van der Waals surface area contributed by atoms with Gasteiger partial charge in [0.25, 0.3) is 5.91 Å². The number of carbonyl (C=O) groups is 3. The normalized spacial score (nSPS) is 17.8. The summed E-state index contributed by atoms with van der Waals surface area (Å²) in [6.07, 6.45) is -1.93. The highest BCUT2D eigenvalue weighted by molar-refractivity contribution is 6.07. The first-order valence-electron chi connectivity index (χ1n) is 10.3. The summed E-state index contributed by atoms with van der Waals surface area (Å²) in [5, 5.41) is 9.38. The second kappa shape index (κ2) is 7.95. The number of benzene rings is 1. The fourth-order valence-corrected chi connectivity index (χ4v) is 4.29. The third kappa shape index (κ3) is 3.94. The van der Waals surface area contributed by atoms with E-state index in [4.69, 9.17) is 0 Å². The number of carbonyl (C=O) groups excluding carboxylic acids is 3. The number of hydrogen-bond donors (Lipinski definition) is 2. The Kier molecular flexibility index (Phi) is 5.43. The minimum absolute atomic E-state index is 0.0636. The monoisotopic (exact) mass is 449 g/mol. The molecule has 2 aromatic rings. The number of urea groups is 1. The van der Waals surface area contributed by atoms with E-state index in [1.165, 1.54) is 24.3 Å². The number of alkyl halides is 3. The number of halogens is 3. The van der Waals surface area contributed by atoms with E-state index >= 15 is 0 Å². The van der Waals surface area contributed by atoms with Crippen LogP contribution >= 0.6 is 0 Å². The van der Waals surface area contributed by atoms with E-state index in [1.54, 1.807) is 6.92 Å². The lowest BCUT2D eigenvalue weighted by atomic mass is 9.98. The van der Waals surface area contributed by atoms with Crippen LogP contribution in [0.2, 0.25) is 0 Å². The van der Waals surface area contributed by atoms with Crippen LogP contribution in [0.4, 0.5) is 23.8 Å². The maximum Gasteiger partial charge on any atom is 0.418 e. The molecule has 2 aliphatic rings. The van der Waals surface area contributed by atoms with Gasteiger partial charge >= 0.3 is 12.2 Å². The standard InChI is InChI=1S/C21H22F3N5O3/c1-13-12-16(29(27-13)15-7-3-2-6-14(15)21(22,23)24)25-17(30)8-11-28-18(31)20(26-19(28)32)9-4-5-10-20/h2-3,6-7,12H,4-5,8-11H2,1H3,(H,25,30)(H,26,32). The van der Waals surface area contributed by atoms with Crippen molar-refractivity contribution in [2.45, 2.75) is 50.7 Å². The summed E-state index contributed by atoms with van der Waals surface area (Å²) >= 11 is 0. The Bertz CT molecular complexity index is 1070. The van der Waals surface area contributed by atoms with Crippen molar-refractivity contribution in [2.24, 2.45) is 0 Å². The lowest BCUT2D eigenvalue weighted by Crippen LogP contribution is -2.44. The van der Waals surface area contributed by atoms with Crippen molar-refractivity contribution in [3.63, 3.8) is 0 Å². The van der Waals surface area contributed by atoms with Crippen LogP contribution in [0.15, 0.2) is 30.3 Å². The van der Waals surface area contributed by atoms with Gasteiger partial charge in [-0.15, -0.1) is 0 Å². The Hall–Kier alpha value is -3.37. The molecular weight excluding hydrogens is 427 g/mol. The molecule has 1 saturated heterocycles. The van der Waals surface area contributed by atoms with Crippen LogP contribution in [-0.2, 0) is 15.8 Å². The molecule has 1 saturated carbocycles. The Morgan fingerprint density at radius 3 is 2.59 bits per heavy atom. The molecule has 1 aliphatic heterocycles. The molecule has 1 aromatic heterocycles. The van der Waals surface area contributed by atoms with Crippen molar-refractivity contribution < 1.29 is 27.6 Å². The highest BCUT2D eigenvalue weighted by Crippen LogP contribution is 2.36. The Labute approximate surface area is 181 Å². The zero-order valence-electron chi connectivity index (χ0n) is 17.3. The summed E-state index contributed by atoms with van der Waals surface area (Å²) < 4.78 is 41.3. The predicted octanol–water partition coefficient (Wildman–Crippen LogP) is 3.39. The average molecular weight is 449 g/mol. The van der Waals surface area contributed by atoms with Gasteiger partial charge in [0.15, 0.2) is 0 Å². The summed E-state index contributed by atoms with van der Waals surface area (Å²) in [6.45, 7) is 1.47. The van der Waals surface area contributed by atoms with Crippen LogP contribution in [0.3, 0.4) is 0 Å². The van der Waals surface area contributed by atoms with Gasteiger partial charge < -0.3 is 10.6 Å². The van der Waals surface area contributed by atoms with E-state index in [-0.39, 0.29) is 30.4 Å². The third-order valence-corrected chi connectivity index (χ3v) is 5.80. The van der Waals surface area contributed by atoms with Gasteiger partial charge in [0, 0.05) is 19.0 Å². The first-order chi connectivity index (χ1) is 15.1. The van der Waals surface area contributed by atoms with E-state index in [0.717, 1.165) is 28.5 Å². The smallest absolute Gasteiger partial charge is 0.323 e. The summed E-state index contributed by atoms with van der Waals surface area (Å²) in [5.41, 5.74) is -1.56. The van der Waals surface area contributed by atoms with Gasteiger partial charge in [-0.3, -0.25) is 14.5 Å². The van der Waals surface area contributed by atoms with Gasteiger partial charge in [0.05, 0.1) is 16.9 Å². The summed E-state index contributed by atoms with van der Waals surface area (Å²) in [7, 11) is 0. The van der Waals surface area contributed by atoms with Crippen LogP contribution in [0.25, 0.3) is 5.69 Å². The minimum Gasteiger partial charge on any atom is -0.323 e. The number of rotatable bonds is 5. The molecule has 8 nitrogen and oxygen atoms in total. The second-order valence-corrected chi connectivity index (χ2v) is 8.07. The number of nitrogens with one attached hydrogen (secondary N) is 2. The fourth-order valence-electron chi connectivity index (χ4n) is 4.29. The van der Waals surface area contributed by atoms with Crippen molar-refractivity contribution in [2.75, 3.05) is 11.9 Å². The van der Waals surface area contributed by atoms with E-state index in [1.807, 2.05) is 0 Å². The molecule has 1 aromatic carbocycles. The van der Waals surface area contributed by atoms with E-state index in [0.29, 0.717) is 18.5 Å². The van der Waals surface area contributed by atoms with Gasteiger partial charge in [-0.05, 0) is 31.9 Å². The molecule has 11 heteroatoms. The van der Waals surface area contributed by atoms with Crippen molar-refractivity contribution in [1.82, 2.24) is 20.0 Å². The molecule has 1 aliphatic carbocycles. The quantitative estimate of drug-likeness (QED) is 0.684. The molecule has 0 atom stereocenters. The first kappa shape index (κ1) is 21.8. The molecule has 0 radical (unpaired) electrons. The third-order valence-electron chi connectivity index (χ3n) is 5.80. The molecule has 1 spiro atoms. The molecule has 0 unspecified atom stereocenters. The van der Waals surface area contributed by atoms with Gasteiger partial charge in [0.1, 0.15) is 11.4 Å². The van der Waals surface area contributed by atoms with Gasteiger partial charge in [-0.25, -0.2) is 9.48 Å². The SMILES string of the molecule is Cc1cc(NC(=O)CCN2C(=O)NC3(CCCC3)C2=O)n(-c2ccccc2C(F)(F)F)n1. The highest BCUT2D eigenvalue weighted by atomic mass is 19.4. The zero-order chi connectivity index (χ0) is 23.1. The lowest BCUT2D eigenvalue weighted by Gasteiger charge is -2.20. The molecule has 4 rings (SSSR count). The number of aryl methyl sites for hydroxylation is 1. The zero-order valence-corrected chi connectivity index (χ0v) is 17.3. The van der Waals surface area contributed by atoms with Crippen molar-refractivity contribution in [3.8, 4) is 5.69 Å². The van der Waals surface area contributed by atoms with Gasteiger partial charge in [-0.1, -0.05) is 25.0 Å². The van der Waals surface area contributed by atoms with Crippen LogP contribution in [0.1, 0.15) is 43.4 Å². The molecule has 2 N–H and O–H groups in total. The van der Waals surface area contributed by atoms with Crippen LogP contribution in [0, 0.1) is 6.92 Å². The van der Waals surface area contributed by atoms with Crippen LogP contribution < -0.4 is 10.6 Å². The highest BCUT2D eigenvalue weighted by Gasteiger charge is 2.52. The molecule has 2 fully saturated rings. The fraction of sp³-hybridized carbons (Fsp3) is 0.429. The topological polar surface area (TPSA) is 96.3 Å². The maximum atomic E-state index is 13.4. The summed E-state index contributed by atoms with van der Waals surface area (Å²) in [4.78, 5) is 38.5. The first-order valence-corrected chi connectivity index (χ1v) is 10.3. The summed E-state index contributed by atoms with van der Waals surface area (Å²) in [6, 6.07) is 5.85. The lowest BCUT2D eigenvalue weighted by molar-refractivity contribution is -0.137. The van der Waals surface area contributed by atoms with Gasteiger partial charge in [-0.2, -0.15) is 18.3 Å². The number of hydrogen-bond acceptors (Lipinski definition) is 4. The van der Waals surface area contributed by atoms with E-state index < -0.39 is 29.2 Å². The predicted molar refractivity (Wildman–Crippen MR) is 108 cm³/mol. The minimum atomic E-state index is -4.60. The number of aromatic nitrogens is 2. The molecule has 2 heterocycles. The van der Waals surface area contributed by atoms with Gasteiger partial charge in [0.2, 0.25) is 5.91 Å². The summed E-state index contributed by atoms with van der Waals surface area (Å²) in [5.74, 6) is -0.815. The number of para-hydroxylation sites is 1.